The Bertz CT molecular complexity index is 863. The summed E-state index contributed by atoms with van der Waals surface area (Å²) in [7, 11) is 0. The van der Waals surface area contributed by atoms with Gasteiger partial charge in [-0.3, -0.25) is 4.79 Å². The van der Waals surface area contributed by atoms with Crippen molar-refractivity contribution in [2.24, 2.45) is 11.8 Å². The van der Waals surface area contributed by atoms with E-state index in [9.17, 15) is 4.79 Å². The number of hydrogen-bond donors (Lipinski definition) is 0. The summed E-state index contributed by atoms with van der Waals surface area (Å²) >= 11 is 1.71. The largest absolute Gasteiger partial charge is 0.356 e. The minimum Gasteiger partial charge on any atom is -0.356 e. The van der Waals surface area contributed by atoms with Gasteiger partial charge in [0.2, 0.25) is 5.91 Å². The van der Waals surface area contributed by atoms with Crippen molar-refractivity contribution >= 4 is 33.3 Å². The predicted octanol–water partition coefficient (Wildman–Crippen LogP) is 3.53. The third-order valence-electron chi connectivity index (χ3n) is 5.50. The first-order valence-corrected chi connectivity index (χ1v) is 10.4. The van der Waals surface area contributed by atoms with E-state index in [-0.39, 0.29) is 17.7 Å². The smallest absolute Gasteiger partial charge is 0.225 e. The number of fused-ring (bicyclic) bond motifs is 1. The number of rotatable bonds is 5. The zero-order chi connectivity index (χ0) is 19.6. The van der Waals surface area contributed by atoms with E-state index in [0.29, 0.717) is 13.1 Å². The van der Waals surface area contributed by atoms with Crippen molar-refractivity contribution < 1.29 is 4.79 Å². The molecule has 1 unspecified atom stereocenters. The number of piperidine rings is 1. The highest BCUT2D eigenvalue weighted by Crippen LogP contribution is 2.35. The van der Waals surface area contributed by atoms with Gasteiger partial charge in [-0.05, 0) is 46.1 Å². The van der Waals surface area contributed by atoms with E-state index in [2.05, 4.69) is 34.8 Å². The van der Waals surface area contributed by atoms with Crippen LogP contribution in [0.5, 0.6) is 0 Å². The second-order valence-electron chi connectivity index (χ2n) is 7.33. The van der Waals surface area contributed by atoms with Crippen LogP contribution in [0, 0.1) is 37.0 Å². The Balaban J connectivity index is 1.71. The number of aromatic nitrogens is 2. The molecule has 0 spiro atoms. The summed E-state index contributed by atoms with van der Waals surface area (Å²) in [5.74, 6) is 1.09. The van der Waals surface area contributed by atoms with Crippen LogP contribution in [-0.4, -0.2) is 47.0 Å². The number of thiophene rings is 1. The van der Waals surface area contributed by atoms with Crippen molar-refractivity contribution in [2.75, 3.05) is 31.1 Å². The lowest BCUT2D eigenvalue weighted by molar-refractivity contribution is -0.136. The highest BCUT2D eigenvalue weighted by Gasteiger charge is 2.30. The van der Waals surface area contributed by atoms with Gasteiger partial charge >= 0.3 is 0 Å². The summed E-state index contributed by atoms with van der Waals surface area (Å²) in [5, 5.41) is 10.2. The zero-order valence-corrected chi connectivity index (χ0v) is 17.3. The number of amides is 1. The minimum absolute atomic E-state index is 0.0368. The molecule has 0 radical (unpaired) electrons. The molecule has 3 heterocycles. The summed E-state index contributed by atoms with van der Waals surface area (Å²) in [6, 6.07) is 2.23. The van der Waals surface area contributed by atoms with Gasteiger partial charge in [0, 0.05) is 37.0 Å². The molecule has 0 aromatic carbocycles. The topological polar surface area (TPSA) is 73.1 Å². The Kier molecular flexibility index (Phi) is 5.95. The van der Waals surface area contributed by atoms with Crippen LogP contribution < -0.4 is 4.90 Å². The van der Waals surface area contributed by atoms with E-state index < -0.39 is 0 Å². The van der Waals surface area contributed by atoms with E-state index in [1.54, 1.807) is 17.7 Å². The quantitative estimate of drug-likeness (QED) is 0.787. The third kappa shape index (κ3) is 3.91. The molecule has 0 saturated carbocycles. The van der Waals surface area contributed by atoms with Crippen molar-refractivity contribution in [1.82, 2.24) is 14.9 Å². The lowest BCUT2D eigenvalue weighted by Crippen LogP contribution is -2.44. The van der Waals surface area contributed by atoms with Gasteiger partial charge in [-0.15, -0.1) is 11.3 Å². The maximum Gasteiger partial charge on any atom is 0.225 e. The lowest BCUT2D eigenvalue weighted by atomic mass is 9.94. The van der Waals surface area contributed by atoms with E-state index in [1.807, 2.05) is 18.7 Å². The number of carbonyl (C=O) groups is 1. The molecule has 2 aromatic rings. The number of carbonyl (C=O) groups excluding carboxylic acids is 1. The number of aryl methyl sites for hydroxylation is 2. The van der Waals surface area contributed by atoms with Crippen molar-refractivity contribution in [2.45, 2.75) is 40.5 Å². The molecule has 27 heavy (non-hydrogen) atoms. The highest BCUT2D eigenvalue weighted by molar-refractivity contribution is 7.18. The fourth-order valence-electron chi connectivity index (χ4n) is 3.75. The molecule has 1 atom stereocenters. The van der Waals surface area contributed by atoms with Gasteiger partial charge in [0.15, 0.2) is 0 Å². The standard InChI is InChI=1S/C20H27N5OS/c1-5-24(11-13(2)10-21)20(26)16-6-8-25(9-7-16)18-17-14(3)15(4)27-19(17)23-12-22-18/h12-13,16H,5-9,11H2,1-4H3. The fraction of sp³-hybridized carbons (Fsp3) is 0.600. The molecular formula is C20H27N5OS. The number of nitriles is 1. The molecule has 0 N–H and O–H groups in total. The maximum absolute atomic E-state index is 12.9. The Morgan fingerprint density at radius 2 is 2.11 bits per heavy atom. The van der Waals surface area contributed by atoms with E-state index in [0.717, 1.165) is 42.0 Å². The zero-order valence-electron chi connectivity index (χ0n) is 16.5. The van der Waals surface area contributed by atoms with Gasteiger partial charge in [0.1, 0.15) is 17.0 Å². The molecule has 2 aromatic heterocycles. The molecule has 1 fully saturated rings. The Morgan fingerprint density at radius 3 is 2.74 bits per heavy atom. The first-order valence-electron chi connectivity index (χ1n) is 9.60. The Hall–Kier alpha value is -2.20. The van der Waals surface area contributed by atoms with Crippen molar-refractivity contribution in [3.05, 3.63) is 16.8 Å². The summed E-state index contributed by atoms with van der Waals surface area (Å²) in [4.78, 5) is 28.3. The van der Waals surface area contributed by atoms with Crippen LogP contribution >= 0.6 is 11.3 Å². The molecule has 7 heteroatoms. The molecule has 3 rings (SSSR count). The molecule has 0 aliphatic carbocycles. The molecule has 1 amide bonds. The molecule has 1 aliphatic rings. The summed E-state index contributed by atoms with van der Waals surface area (Å²) < 4.78 is 0. The summed E-state index contributed by atoms with van der Waals surface area (Å²) in [6.07, 6.45) is 3.29. The van der Waals surface area contributed by atoms with E-state index in [1.165, 1.54) is 10.4 Å². The average Bonchev–Trinajstić information content (AvgIpc) is 2.99. The fourth-order valence-corrected chi connectivity index (χ4v) is 4.74. The van der Waals surface area contributed by atoms with Crippen LogP contribution in [-0.2, 0) is 4.79 Å². The molecule has 144 valence electrons. The predicted molar refractivity (Wildman–Crippen MR) is 109 cm³/mol. The van der Waals surface area contributed by atoms with Crippen LogP contribution in [0.3, 0.4) is 0 Å². The van der Waals surface area contributed by atoms with Gasteiger partial charge in [-0.2, -0.15) is 5.26 Å². The number of hydrogen-bond acceptors (Lipinski definition) is 6. The Morgan fingerprint density at radius 1 is 1.41 bits per heavy atom. The minimum atomic E-state index is -0.131. The van der Waals surface area contributed by atoms with Crippen LogP contribution in [0.4, 0.5) is 5.82 Å². The maximum atomic E-state index is 12.9. The molecule has 1 aliphatic heterocycles. The summed E-state index contributed by atoms with van der Waals surface area (Å²) in [5.41, 5.74) is 1.26. The van der Waals surface area contributed by atoms with Crippen LogP contribution in [0.1, 0.15) is 37.1 Å². The van der Waals surface area contributed by atoms with Gasteiger partial charge < -0.3 is 9.80 Å². The van der Waals surface area contributed by atoms with E-state index in [4.69, 9.17) is 5.26 Å². The van der Waals surface area contributed by atoms with Gasteiger partial charge in [0.05, 0.1) is 17.4 Å². The normalized spacial score (nSPS) is 16.3. The molecule has 6 nitrogen and oxygen atoms in total. The molecule has 0 bridgehead atoms. The van der Waals surface area contributed by atoms with Crippen LogP contribution in [0.15, 0.2) is 6.33 Å². The van der Waals surface area contributed by atoms with Crippen molar-refractivity contribution in [3.8, 4) is 6.07 Å². The molecule has 1 saturated heterocycles. The van der Waals surface area contributed by atoms with Crippen molar-refractivity contribution in [1.29, 1.82) is 5.26 Å². The van der Waals surface area contributed by atoms with Gasteiger partial charge in [-0.25, -0.2) is 9.97 Å². The van der Waals surface area contributed by atoms with E-state index >= 15 is 0 Å². The summed E-state index contributed by atoms with van der Waals surface area (Å²) in [6.45, 7) is 10.9. The highest BCUT2D eigenvalue weighted by atomic mass is 32.1. The SMILES string of the molecule is CCN(CC(C)C#N)C(=O)C1CCN(c2ncnc3sc(C)c(C)c23)CC1. The second kappa shape index (κ2) is 8.22. The van der Waals surface area contributed by atoms with Crippen molar-refractivity contribution in [3.63, 3.8) is 0 Å². The molecular weight excluding hydrogens is 358 g/mol. The first kappa shape index (κ1) is 19.6. The second-order valence-corrected chi connectivity index (χ2v) is 8.53. The number of anilines is 1. The Labute approximate surface area is 164 Å². The monoisotopic (exact) mass is 385 g/mol. The van der Waals surface area contributed by atoms with Crippen LogP contribution in [0.2, 0.25) is 0 Å². The van der Waals surface area contributed by atoms with Gasteiger partial charge in [0.25, 0.3) is 0 Å². The first-order chi connectivity index (χ1) is 13.0. The lowest BCUT2D eigenvalue weighted by Gasteiger charge is -2.35. The average molecular weight is 386 g/mol. The van der Waals surface area contributed by atoms with Crippen LogP contribution in [0.25, 0.3) is 10.2 Å². The third-order valence-corrected chi connectivity index (χ3v) is 6.61. The number of nitrogens with zero attached hydrogens (tertiary/aromatic N) is 5. The van der Waals surface area contributed by atoms with Gasteiger partial charge in [-0.1, -0.05) is 0 Å².